The number of carbonyl (C=O) groups is 1. The number of amides is 1. The Balaban J connectivity index is 2.28. The molecule has 1 aliphatic carbocycles. The lowest BCUT2D eigenvalue weighted by molar-refractivity contribution is -0.124. The smallest absolute Gasteiger partial charge is 0.224 e. The first-order valence-electron chi connectivity index (χ1n) is 5.06. The molecule has 2 nitrogen and oxygen atoms in total. The van der Waals surface area contributed by atoms with Gasteiger partial charge in [-0.3, -0.25) is 4.79 Å². The van der Waals surface area contributed by atoms with E-state index in [4.69, 9.17) is 11.6 Å². The molecule has 4 heteroatoms. The van der Waals surface area contributed by atoms with Gasteiger partial charge in [-0.25, -0.2) is 0 Å². The number of hydrogen-bond acceptors (Lipinski definition) is 2. The lowest BCUT2D eigenvalue weighted by atomic mass is 10.1. The van der Waals surface area contributed by atoms with Gasteiger partial charge in [0.2, 0.25) is 5.91 Å². The predicted molar refractivity (Wildman–Crippen MR) is 63.0 cm³/mol. The number of nitrogens with one attached hydrogen (secondary N) is 1. The van der Waals surface area contributed by atoms with Gasteiger partial charge in [0.25, 0.3) is 0 Å². The number of hydrogen-bond donors (Lipinski definition) is 1. The fraction of sp³-hybridized carbons (Fsp3) is 0.900. The molecule has 0 saturated heterocycles. The highest BCUT2D eigenvalue weighted by atomic mass is 35.5. The summed E-state index contributed by atoms with van der Waals surface area (Å²) in [6.07, 6.45) is 5.59. The molecular formula is C10H18ClNOS. The van der Waals surface area contributed by atoms with Crippen LogP contribution in [-0.4, -0.2) is 29.3 Å². The second-order valence-corrected chi connectivity index (χ2v) is 5.38. The molecule has 0 aromatic rings. The Morgan fingerprint density at radius 2 is 2.36 bits per heavy atom. The van der Waals surface area contributed by atoms with E-state index in [9.17, 15) is 4.79 Å². The summed E-state index contributed by atoms with van der Waals surface area (Å²) in [7, 11) is 0. The molecule has 1 saturated carbocycles. The fourth-order valence-corrected chi connectivity index (χ4v) is 2.64. The van der Waals surface area contributed by atoms with Gasteiger partial charge in [-0.15, -0.1) is 11.6 Å². The second kappa shape index (κ2) is 5.86. The number of halogens is 1. The van der Waals surface area contributed by atoms with Gasteiger partial charge in [0.15, 0.2) is 0 Å². The number of carbonyl (C=O) groups excluding carboxylic acids is 1. The maximum absolute atomic E-state index is 11.5. The average Bonchev–Trinajstić information content (AvgIpc) is 2.64. The van der Waals surface area contributed by atoms with Crippen molar-refractivity contribution in [1.29, 1.82) is 0 Å². The molecule has 0 bridgehead atoms. The van der Waals surface area contributed by atoms with Crippen molar-refractivity contribution in [2.24, 2.45) is 5.92 Å². The summed E-state index contributed by atoms with van der Waals surface area (Å²) >= 11 is 7.52. The molecule has 3 unspecified atom stereocenters. The normalized spacial score (nSPS) is 28.8. The Morgan fingerprint density at radius 3 is 2.86 bits per heavy atom. The van der Waals surface area contributed by atoms with Crippen molar-refractivity contribution in [2.75, 3.05) is 12.1 Å². The number of thioether (sulfide) groups is 1. The molecule has 1 rings (SSSR count). The molecule has 1 amide bonds. The summed E-state index contributed by atoms with van der Waals surface area (Å²) in [4.78, 5) is 11.5. The summed E-state index contributed by atoms with van der Waals surface area (Å²) in [5.41, 5.74) is 0. The molecule has 0 aromatic carbocycles. The van der Waals surface area contributed by atoms with E-state index in [-0.39, 0.29) is 11.8 Å². The molecule has 82 valence electrons. The summed E-state index contributed by atoms with van der Waals surface area (Å²) < 4.78 is 0. The van der Waals surface area contributed by atoms with Crippen molar-refractivity contribution >= 4 is 29.3 Å². The first-order chi connectivity index (χ1) is 6.67. The van der Waals surface area contributed by atoms with Crippen molar-refractivity contribution in [3.8, 4) is 0 Å². The van der Waals surface area contributed by atoms with E-state index < -0.39 is 0 Å². The van der Waals surface area contributed by atoms with Gasteiger partial charge in [0.05, 0.1) is 0 Å². The maximum atomic E-state index is 11.5. The summed E-state index contributed by atoms with van der Waals surface area (Å²) in [6, 6.07) is 0.380. The summed E-state index contributed by atoms with van der Waals surface area (Å²) in [5, 5.41) is 3.79. The largest absolute Gasteiger partial charge is 0.353 e. The van der Waals surface area contributed by atoms with Crippen LogP contribution in [0, 0.1) is 5.92 Å². The molecule has 0 spiro atoms. The van der Waals surface area contributed by atoms with Crippen LogP contribution in [0.1, 0.15) is 26.2 Å². The third kappa shape index (κ3) is 3.35. The molecular weight excluding hydrogens is 218 g/mol. The highest BCUT2D eigenvalue weighted by Gasteiger charge is 2.26. The van der Waals surface area contributed by atoms with Crippen LogP contribution in [0.3, 0.4) is 0 Å². The van der Waals surface area contributed by atoms with Crippen LogP contribution in [0.5, 0.6) is 0 Å². The fourth-order valence-electron chi connectivity index (χ4n) is 1.70. The van der Waals surface area contributed by atoms with E-state index in [1.165, 1.54) is 6.42 Å². The van der Waals surface area contributed by atoms with Gasteiger partial charge < -0.3 is 5.32 Å². The minimum atomic E-state index is -0.0648. The molecule has 0 aliphatic heterocycles. The Hall–Kier alpha value is 0.110. The van der Waals surface area contributed by atoms with E-state index in [0.717, 1.165) is 18.1 Å². The van der Waals surface area contributed by atoms with Gasteiger partial charge in [-0.2, -0.15) is 11.8 Å². The van der Waals surface area contributed by atoms with Gasteiger partial charge in [-0.05, 0) is 25.5 Å². The van der Waals surface area contributed by atoms with Gasteiger partial charge in [0.1, 0.15) is 0 Å². The molecule has 3 atom stereocenters. The van der Waals surface area contributed by atoms with Crippen LogP contribution in [0.25, 0.3) is 0 Å². The van der Waals surface area contributed by atoms with Crippen LogP contribution < -0.4 is 5.32 Å². The van der Waals surface area contributed by atoms with Crippen LogP contribution in [0.15, 0.2) is 0 Å². The van der Waals surface area contributed by atoms with Crippen LogP contribution in [0.4, 0.5) is 0 Å². The van der Waals surface area contributed by atoms with E-state index >= 15 is 0 Å². The zero-order chi connectivity index (χ0) is 10.6. The van der Waals surface area contributed by atoms with E-state index in [2.05, 4.69) is 11.6 Å². The van der Waals surface area contributed by atoms with Crippen LogP contribution >= 0.6 is 23.4 Å². The lowest BCUT2D eigenvalue weighted by Gasteiger charge is -2.15. The molecule has 1 aliphatic rings. The predicted octanol–water partition coefficient (Wildman–Crippen LogP) is 2.26. The van der Waals surface area contributed by atoms with Gasteiger partial charge in [0, 0.05) is 23.1 Å². The zero-order valence-electron chi connectivity index (χ0n) is 8.75. The van der Waals surface area contributed by atoms with E-state index in [1.807, 2.05) is 18.7 Å². The molecule has 0 radical (unpaired) electrons. The second-order valence-electron chi connectivity index (χ2n) is 3.93. The Kier molecular flexibility index (Phi) is 5.10. The van der Waals surface area contributed by atoms with Crippen LogP contribution in [0.2, 0.25) is 0 Å². The average molecular weight is 236 g/mol. The quantitative estimate of drug-likeness (QED) is 0.758. The van der Waals surface area contributed by atoms with Gasteiger partial charge >= 0.3 is 0 Å². The van der Waals surface area contributed by atoms with Crippen LogP contribution in [-0.2, 0) is 4.79 Å². The maximum Gasteiger partial charge on any atom is 0.224 e. The van der Waals surface area contributed by atoms with Gasteiger partial charge in [-0.1, -0.05) is 6.92 Å². The summed E-state index contributed by atoms with van der Waals surface area (Å²) in [6.45, 7) is 1.86. The molecule has 1 fully saturated rings. The molecule has 0 heterocycles. The SMILES string of the molecule is CSC1CCC(NC(=O)C(C)CCl)C1. The lowest BCUT2D eigenvalue weighted by Crippen LogP contribution is -2.37. The topological polar surface area (TPSA) is 29.1 Å². The first kappa shape index (κ1) is 12.2. The Labute approximate surface area is 95.2 Å². The number of alkyl halides is 1. The minimum Gasteiger partial charge on any atom is -0.353 e. The number of rotatable bonds is 4. The Morgan fingerprint density at radius 1 is 1.64 bits per heavy atom. The highest BCUT2D eigenvalue weighted by molar-refractivity contribution is 7.99. The third-order valence-corrected chi connectivity index (χ3v) is 4.30. The monoisotopic (exact) mass is 235 g/mol. The van der Waals surface area contributed by atoms with Crippen molar-refractivity contribution in [3.63, 3.8) is 0 Å². The van der Waals surface area contributed by atoms with Crippen molar-refractivity contribution in [1.82, 2.24) is 5.32 Å². The van der Waals surface area contributed by atoms with Crippen molar-refractivity contribution < 1.29 is 4.79 Å². The minimum absolute atomic E-state index is 0.0648. The standard InChI is InChI=1S/C10H18ClNOS/c1-7(6-11)10(13)12-8-3-4-9(5-8)14-2/h7-9H,3-6H2,1-2H3,(H,12,13). The first-order valence-corrected chi connectivity index (χ1v) is 6.88. The third-order valence-electron chi connectivity index (χ3n) is 2.74. The molecule has 0 aromatic heterocycles. The molecule has 1 N–H and O–H groups in total. The highest BCUT2D eigenvalue weighted by Crippen LogP contribution is 2.28. The van der Waals surface area contributed by atoms with E-state index in [0.29, 0.717) is 11.9 Å². The van der Waals surface area contributed by atoms with Crippen molar-refractivity contribution in [3.05, 3.63) is 0 Å². The zero-order valence-corrected chi connectivity index (χ0v) is 10.3. The van der Waals surface area contributed by atoms with Crippen molar-refractivity contribution in [2.45, 2.75) is 37.5 Å². The molecule has 14 heavy (non-hydrogen) atoms. The summed E-state index contributed by atoms with van der Waals surface area (Å²) in [5.74, 6) is 0.446. The van der Waals surface area contributed by atoms with E-state index in [1.54, 1.807) is 0 Å². The Bertz CT molecular complexity index is 201.